The number of carbonyl (C=O) groups is 2. The average molecular weight is 585 g/mol. The lowest BCUT2D eigenvalue weighted by Crippen LogP contribution is -2.63. The molecular weight excluding hydrogens is 548 g/mol. The summed E-state index contributed by atoms with van der Waals surface area (Å²) in [6.07, 6.45) is 6.51. The normalized spacial score (nSPS) is 16.2. The molecule has 1 aliphatic heterocycles. The predicted octanol–water partition coefficient (Wildman–Crippen LogP) is 6.24. The number of aromatic amines is 1. The molecule has 1 saturated carbocycles. The number of aromatic nitrogens is 4. The lowest BCUT2D eigenvalue weighted by Gasteiger charge is -2.58. The van der Waals surface area contributed by atoms with Crippen LogP contribution in [0.4, 0.5) is 0 Å². The Morgan fingerprint density at radius 1 is 1.17 bits per heavy atom. The van der Waals surface area contributed by atoms with Crippen LogP contribution in [0.3, 0.4) is 0 Å². The first kappa shape index (κ1) is 28.4. The second-order valence-corrected chi connectivity index (χ2v) is 12.7. The molecule has 0 radical (unpaired) electrons. The molecule has 2 aromatic carbocycles. The third kappa shape index (κ3) is 4.86. The second kappa shape index (κ2) is 10.8. The lowest BCUT2D eigenvalue weighted by atomic mass is 9.60. The number of halogens is 1. The van der Waals surface area contributed by atoms with Gasteiger partial charge in [-0.2, -0.15) is 10.2 Å². The van der Waals surface area contributed by atoms with E-state index in [9.17, 15) is 9.59 Å². The van der Waals surface area contributed by atoms with Crippen molar-refractivity contribution in [3.05, 3.63) is 71.0 Å². The third-order valence-corrected chi connectivity index (χ3v) is 9.46. The number of nitrogens with one attached hydrogen (secondary N) is 1. The number of nitrogens with zero attached hydrogens (tertiary/aromatic N) is 5. The fourth-order valence-electron chi connectivity index (χ4n) is 6.75. The van der Waals surface area contributed by atoms with Crippen molar-refractivity contribution in [3.8, 4) is 22.4 Å². The predicted molar refractivity (Wildman–Crippen MR) is 167 cm³/mol. The quantitative estimate of drug-likeness (QED) is 0.186. The molecule has 1 saturated heterocycles. The summed E-state index contributed by atoms with van der Waals surface area (Å²) in [6, 6.07) is 10.1. The molecule has 1 aliphatic carbocycles. The zero-order valence-corrected chi connectivity index (χ0v) is 25.5. The highest BCUT2D eigenvalue weighted by molar-refractivity contribution is 6.36. The number of hydrogen-bond donors (Lipinski definition) is 1. The van der Waals surface area contributed by atoms with Crippen molar-refractivity contribution in [1.29, 1.82) is 0 Å². The maximum atomic E-state index is 12.8. The lowest BCUT2D eigenvalue weighted by molar-refractivity contribution is -0.149. The summed E-state index contributed by atoms with van der Waals surface area (Å²) in [6.45, 7) is 10.2. The standard InChI is InChI=1S/C33H37ClN6O2/c1-6-28(42)39-18-33(19-39)15-24(16-33)40-21(3)29(30-25-17-35-36-26(25)14-20(2)31(30)34)32(37-40)23-11-9-22(10-12-23)27(41)8-7-13-38(4)5/h6,9-12,14,17,24H,1,7-8,13,15-16,18-19H2,2-5H3,(H,35,36). The van der Waals surface area contributed by atoms with E-state index in [0.29, 0.717) is 17.0 Å². The summed E-state index contributed by atoms with van der Waals surface area (Å²) >= 11 is 7.03. The van der Waals surface area contributed by atoms with Gasteiger partial charge in [0.2, 0.25) is 5.91 Å². The van der Waals surface area contributed by atoms with E-state index in [0.717, 1.165) is 83.4 Å². The minimum Gasteiger partial charge on any atom is -0.338 e. The Labute approximate surface area is 251 Å². The Bertz CT molecular complexity index is 1690. The van der Waals surface area contributed by atoms with E-state index >= 15 is 0 Å². The summed E-state index contributed by atoms with van der Waals surface area (Å²) in [5.41, 5.74) is 7.49. The highest BCUT2D eigenvalue weighted by atomic mass is 35.5. The molecule has 1 spiro atoms. The van der Waals surface area contributed by atoms with Gasteiger partial charge in [-0.1, -0.05) is 42.4 Å². The van der Waals surface area contributed by atoms with Gasteiger partial charge in [0.05, 0.1) is 22.8 Å². The number of Topliss-reactive ketones (excluding diaryl/α,β-unsaturated/α-hetero) is 1. The van der Waals surface area contributed by atoms with Crippen molar-refractivity contribution < 1.29 is 9.59 Å². The molecule has 0 atom stereocenters. The van der Waals surface area contributed by atoms with E-state index in [-0.39, 0.29) is 23.1 Å². The number of likely N-dealkylation sites (tertiary alicyclic amines) is 1. The zero-order valence-electron chi connectivity index (χ0n) is 24.7. The number of hydrogen-bond acceptors (Lipinski definition) is 5. The molecule has 2 aromatic heterocycles. The molecule has 4 aromatic rings. The van der Waals surface area contributed by atoms with Gasteiger partial charge in [-0.15, -0.1) is 0 Å². The van der Waals surface area contributed by atoms with Crippen LogP contribution in [-0.4, -0.2) is 75.2 Å². The number of amides is 1. The first-order chi connectivity index (χ1) is 20.1. The number of rotatable bonds is 9. The zero-order chi connectivity index (χ0) is 29.8. The molecule has 1 N–H and O–H groups in total. The van der Waals surface area contributed by atoms with Crippen LogP contribution in [0.1, 0.15) is 53.3 Å². The van der Waals surface area contributed by atoms with Crippen molar-refractivity contribution in [3.63, 3.8) is 0 Å². The van der Waals surface area contributed by atoms with Crippen molar-refractivity contribution in [2.45, 2.75) is 45.6 Å². The summed E-state index contributed by atoms with van der Waals surface area (Å²) in [7, 11) is 4.04. The van der Waals surface area contributed by atoms with Gasteiger partial charge in [0.15, 0.2) is 5.78 Å². The van der Waals surface area contributed by atoms with Crippen molar-refractivity contribution in [2.24, 2.45) is 5.41 Å². The van der Waals surface area contributed by atoms with Crippen molar-refractivity contribution in [2.75, 3.05) is 33.7 Å². The van der Waals surface area contributed by atoms with Crippen molar-refractivity contribution >= 4 is 34.2 Å². The fraction of sp³-hybridized carbons (Fsp3) is 0.394. The maximum Gasteiger partial charge on any atom is 0.245 e. The summed E-state index contributed by atoms with van der Waals surface area (Å²) in [5.74, 6) is 0.151. The van der Waals surface area contributed by atoms with E-state index in [1.165, 1.54) is 6.08 Å². The number of aryl methyl sites for hydroxylation is 1. The molecule has 0 bridgehead atoms. The molecular formula is C33H37ClN6O2. The van der Waals surface area contributed by atoms with Crippen LogP contribution in [-0.2, 0) is 4.79 Å². The fourth-order valence-corrected chi connectivity index (χ4v) is 7.01. The topological polar surface area (TPSA) is 87.1 Å². The van der Waals surface area contributed by atoms with Crippen LogP contribution >= 0.6 is 11.6 Å². The molecule has 42 heavy (non-hydrogen) atoms. The smallest absolute Gasteiger partial charge is 0.245 e. The van der Waals surface area contributed by atoms with Gasteiger partial charge in [0.25, 0.3) is 0 Å². The Morgan fingerprint density at radius 3 is 2.55 bits per heavy atom. The summed E-state index contributed by atoms with van der Waals surface area (Å²) in [4.78, 5) is 28.8. The van der Waals surface area contributed by atoms with Gasteiger partial charge in [-0.05, 0) is 71.5 Å². The van der Waals surface area contributed by atoms with Crippen LogP contribution in [0.5, 0.6) is 0 Å². The SMILES string of the molecule is C=CC(=O)N1CC2(CC(n3nc(-c4ccc(C(=O)CCCN(C)C)cc4)c(-c4c(Cl)c(C)cc5[nH]ncc45)c3C)C2)C1. The van der Waals surface area contributed by atoms with E-state index in [4.69, 9.17) is 16.7 Å². The van der Waals surface area contributed by atoms with Crippen LogP contribution < -0.4 is 0 Å². The average Bonchev–Trinajstić information content (AvgIpc) is 3.52. The first-order valence-corrected chi connectivity index (χ1v) is 14.9. The maximum absolute atomic E-state index is 12.8. The molecule has 3 heterocycles. The van der Waals surface area contributed by atoms with Crippen LogP contribution in [0.15, 0.2) is 49.2 Å². The minimum absolute atomic E-state index is 0.00163. The first-order valence-electron chi connectivity index (χ1n) is 14.5. The Balaban J connectivity index is 1.37. The van der Waals surface area contributed by atoms with Gasteiger partial charge in [0, 0.05) is 58.3 Å². The van der Waals surface area contributed by atoms with E-state index in [1.807, 2.05) is 62.4 Å². The van der Waals surface area contributed by atoms with E-state index < -0.39 is 0 Å². The molecule has 0 unspecified atom stereocenters. The van der Waals surface area contributed by atoms with Crippen LogP contribution in [0, 0.1) is 19.3 Å². The van der Waals surface area contributed by atoms with E-state index in [1.54, 1.807) is 0 Å². The minimum atomic E-state index is 0.00163. The Morgan fingerprint density at radius 2 is 1.88 bits per heavy atom. The number of ketones is 1. The van der Waals surface area contributed by atoms with Gasteiger partial charge >= 0.3 is 0 Å². The Kier molecular flexibility index (Phi) is 7.31. The van der Waals surface area contributed by atoms with Gasteiger partial charge in [-0.25, -0.2) is 0 Å². The molecule has 6 rings (SSSR count). The number of H-pyrrole nitrogens is 1. The highest BCUT2D eigenvalue weighted by Gasteiger charge is 2.54. The monoisotopic (exact) mass is 584 g/mol. The highest BCUT2D eigenvalue weighted by Crippen LogP contribution is 2.55. The summed E-state index contributed by atoms with van der Waals surface area (Å²) in [5, 5.41) is 14.3. The number of fused-ring (bicyclic) bond motifs is 1. The van der Waals surface area contributed by atoms with Crippen LogP contribution in [0.2, 0.25) is 5.02 Å². The molecule has 2 aliphatic rings. The summed E-state index contributed by atoms with van der Waals surface area (Å²) < 4.78 is 2.15. The van der Waals surface area contributed by atoms with Gasteiger partial charge in [0.1, 0.15) is 5.69 Å². The third-order valence-electron chi connectivity index (χ3n) is 8.98. The molecule has 1 amide bonds. The van der Waals surface area contributed by atoms with Crippen LogP contribution in [0.25, 0.3) is 33.3 Å². The molecule has 218 valence electrons. The molecule has 2 fully saturated rings. The molecule has 8 nitrogen and oxygen atoms in total. The molecule has 9 heteroatoms. The second-order valence-electron chi connectivity index (χ2n) is 12.3. The van der Waals surface area contributed by atoms with Gasteiger partial charge < -0.3 is 9.80 Å². The van der Waals surface area contributed by atoms with E-state index in [2.05, 4.69) is 33.3 Å². The Hall–Kier alpha value is -3.75. The number of benzene rings is 2. The number of carbonyl (C=O) groups excluding carboxylic acids is 2. The van der Waals surface area contributed by atoms with Gasteiger partial charge in [-0.3, -0.25) is 19.4 Å². The van der Waals surface area contributed by atoms with Crippen molar-refractivity contribution in [1.82, 2.24) is 29.8 Å². The largest absolute Gasteiger partial charge is 0.338 e.